The largest absolute Gasteiger partial charge is 0.339 e. The number of benzene rings is 2. The number of aryl methyl sites for hydroxylation is 4. The second-order valence-corrected chi connectivity index (χ2v) is 7.32. The zero-order valence-corrected chi connectivity index (χ0v) is 16.6. The molecule has 2 aromatic heterocycles. The molecule has 4 nitrogen and oxygen atoms in total. The predicted octanol–water partition coefficient (Wildman–Crippen LogP) is 6.03. The van der Waals surface area contributed by atoms with E-state index in [1.165, 1.54) is 11.1 Å². The van der Waals surface area contributed by atoms with Crippen LogP contribution in [-0.4, -0.2) is 14.4 Å². The van der Waals surface area contributed by atoms with Crippen molar-refractivity contribution in [2.45, 2.75) is 27.7 Å². The molecule has 0 atom stereocenters. The van der Waals surface area contributed by atoms with E-state index in [9.17, 15) is 0 Å². The summed E-state index contributed by atoms with van der Waals surface area (Å²) < 4.78 is 2.06. The number of nitrogens with zero attached hydrogens (tertiary/aromatic N) is 3. The smallest absolute Gasteiger partial charge is 0.236 e. The average Bonchev–Trinajstić information content (AvgIpc) is 2.96. The van der Waals surface area contributed by atoms with Gasteiger partial charge in [-0.05, 0) is 57.0 Å². The number of imidazole rings is 1. The van der Waals surface area contributed by atoms with E-state index in [-0.39, 0.29) is 0 Å². The highest BCUT2D eigenvalue weighted by Gasteiger charge is 2.18. The van der Waals surface area contributed by atoms with Gasteiger partial charge in [-0.1, -0.05) is 41.9 Å². The maximum atomic E-state index is 6.24. The highest BCUT2D eigenvalue weighted by molar-refractivity contribution is 6.30. The molecule has 2 heterocycles. The van der Waals surface area contributed by atoms with Crippen molar-refractivity contribution in [3.05, 3.63) is 76.1 Å². The van der Waals surface area contributed by atoms with Crippen LogP contribution in [0.1, 0.15) is 22.5 Å². The number of fused-ring (bicyclic) bond motifs is 1. The van der Waals surface area contributed by atoms with Gasteiger partial charge >= 0.3 is 0 Å². The molecule has 2 aromatic carbocycles. The van der Waals surface area contributed by atoms with Crippen molar-refractivity contribution >= 4 is 28.9 Å². The molecule has 0 aliphatic rings. The first kappa shape index (κ1) is 17.6. The molecule has 5 heteroatoms. The van der Waals surface area contributed by atoms with Gasteiger partial charge in [0.15, 0.2) is 0 Å². The Bertz CT molecular complexity index is 1140. The van der Waals surface area contributed by atoms with E-state index in [0.29, 0.717) is 10.8 Å². The Morgan fingerprint density at radius 1 is 0.889 bits per heavy atom. The molecule has 0 unspecified atom stereocenters. The second-order valence-electron chi connectivity index (χ2n) is 6.89. The Hall–Kier alpha value is -2.85. The first-order valence-electron chi connectivity index (χ1n) is 8.90. The Morgan fingerprint density at radius 2 is 1.59 bits per heavy atom. The summed E-state index contributed by atoms with van der Waals surface area (Å²) >= 11 is 6.24. The SMILES string of the molecule is Cc1cc(C)n2c(Nc3c(C)cccc3C)c(-c3cccc(Cl)c3)nc2n1. The summed E-state index contributed by atoms with van der Waals surface area (Å²) in [6.45, 7) is 8.26. The molecule has 0 amide bonds. The monoisotopic (exact) mass is 376 g/mol. The maximum absolute atomic E-state index is 6.24. The zero-order valence-electron chi connectivity index (χ0n) is 15.8. The summed E-state index contributed by atoms with van der Waals surface area (Å²) in [6, 6.07) is 16.1. The first-order valence-corrected chi connectivity index (χ1v) is 9.27. The van der Waals surface area contributed by atoms with E-state index in [0.717, 1.165) is 34.2 Å². The number of halogens is 1. The standard InChI is InChI=1S/C22H21ClN4/c1-13-7-5-8-14(2)19(13)25-21-20(17-9-6-10-18(23)12-17)26-22-24-15(3)11-16(4)27(21)22/h5-12,25H,1-4H3. The van der Waals surface area contributed by atoms with Crippen molar-refractivity contribution in [1.82, 2.24) is 14.4 Å². The van der Waals surface area contributed by atoms with Crippen molar-refractivity contribution in [3.8, 4) is 11.3 Å². The van der Waals surface area contributed by atoms with Gasteiger partial charge in [0.1, 0.15) is 11.5 Å². The van der Waals surface area contributed by atoms with E-state index < -0.39 is 0 Å². The summed E-state index contributed by atoms with van der Waals surface area (Å²) in [6.07, 6.45) is 0. The summed E-state index contributed by atoms with van der Waals surface area (Å²) in [5.74, 6) is 1.57. The van der Waals surface area contributed by atoms with Gasteiger partial charge in [0.2, 0.25) is 5.78 Å². The summed E-state index contributed by atoms with van der Waals surface area (Å²) in [4.78, 5) is 9.46. The lowest BCUT2D eigenvalue weighted by Crippen LogP contribution is -2.03. The lowest BCUT2D eigenvalue weighted by atomic mass is 10.1. The van der Waals surface area contributed by atoms with Gasteiger partial charge in [0, 0.05) is 27.7 Å². The minimum absolute atomic E-state index is 0.677. The van der Waals surface area contributed by atoms with Crippen LogP contribution in [0.5, 0.6) is 0 Å². The molecular formula is C22H21ClN4. The third kappa shape index (κ3) is 3.17. The summed E-state index contributed by atoms with van der Waals surface area (Å²) in [5, 5.41) is 4.31. The zero-order chi connectivity index (χ0) is 19.1. The molecule has 1 N–H and O–H groups in total. The molecule has 0 radical (unpaired) electrons. The predicted molar refractivity (Wildman–Crippen MR) is 112 cm³/mol. The van der Waals surface area contributed by atoms with Crippen molar-refractivity contribution in [1.29, 1.82) is 0 Å². The Balaban J connectivity index is 2.00. The van der Waals surface area contributed by atoms with Gasteiger partial charge < -0.3 is 5.32 Å². The molecule has 4 aromatic rings. The van der Waals surface area contributed by atoms with Crippen LogP contribution in [0.3, 0.4) is 0 Å². The van der Waals surface area contributed by atoms with E-state index >= 15 is 0 Å². The molecular weight excluding hydrogens is 356 g/mol. The molecule has 0 saturated heterocycles. The van der Waals surface area contributed by atoms with Crippen molar-refractivity contribution in [2.75, 3.05) is 5.32 Å². The molecule has 27 heavy (non-hydrogen) atoms. The molecule has 0 bridgehead atoms. The highest BCUT2D eigenvalue weighted by atomic mass is 35.5. The molecule has 0 spiro atoms. The van der Waals surface area contributed by atoms with Crippen molar-refractivity contribution in [2.24, 2.45) is 0 Å². The molecule has 4 rings (SSSR count). The average molecular weight is 377 g/mol. The number of para-hydroxylation sites is 1. The highest BCUT2D eigenvalue weighted by Crippen LogP contribution is 2.34. The third-order valence-electron chi connectivity index (χ3n) is 4.73. The fraction of sp³-hybridized carbons (Fsp3) is 0.182. The van der Waals surface area contributed by atoms with Gasteiger partial charge in [0.25, 0.3) is 0 Å². The van der Waals surface area contributed by atoms with E-state index in [2.05, 4.69) is 59.7 Å². The van der Waals surface area contributed by atoms with Crippen LogP contribution in [0.4, 0.5) is 11.5 Å². The van der Waals surface area contributed by atoms with Gasteiger partial charge in [-0.2, -0.15) is 0 Å². The minimum atomic E-state index is 0.677. The van der Waals surface area contributed by atoms with E-state index in [1.54, 1.807) is 0 Å². The fourth-order valence-corrected chi connectivity index (χ4v) is 3.65. The van der Waals surface area contributed by atoms with Crippen molar-refractivity contribution in [3.63, 3.8) is 0 Å². The van der Waals surface area contributed by atoms with E-state index in [4.69, 9.17) is 16.6 Å². The van der Waals surface area contributed by atoms with Gasteiger partial charge in [-0.25, -0.2) is 9.97 Å². The van der Waals surface area contributed by atoms with Crippen molar-refractivity contribution < 1.29 is 0 Å². The van der Waals surface area contributed by atoms with Gasteiger partial charge in [-0.3, -0.25) is 4.40 Å². The maximum Gasteiger partial charge on any atom is 0.236 e. The topological polar surface area (TPSA) is 42.2 Å². The number of rotatable bonds is 3. The van der Waals surface area contributed by atoms with Crippen LogP contribution in [0.25, 0.3) is 17.0 Å². The Morgan fingerprint density at radius 3 is 2.30 bits per heavy atom. The van der Waals surface area contributed by atoms with E-state index in [1.807, 2.05) is 31.2 Å². The van der Waals surface area contributed by atoms with Crippen LogP contribution in [0.15, 0.2) is 48.5 Å². The number of nitrogens with one attached hydrogen (secondary N) is 1. The molecule has 0 aliphatic heterocycles. The normalized spacial score (nSPS) is 11.1. The third-order valence-corrected chi connectivity index (χ3v) is 4.96. The quantitative estimate of drug-likeness (QED) is 0.474. The molecule has 0 aliphatic carbocycles. The number of hydrogen-bond acceptors (Lipinski definition) is 3. The lowest BCUT2D eigenvalue weighted by molar-refractivity contribution is 1.02. The van der Waals surface area contributed by atoms with Crippen LogP contribution in [0, 0.1) is 27.7 Å². The minimum Gasteiger partial charge on any atom is -0.339 e. The Kier molecular flexibility index (Phi) is 4.36. The number of aromatic nitrogens is 3. The molecule has 0 fully saturated rings. The summed E-state index contributed by atoms with van der Waals surface area (Å²) in [5.41, 5.74) is 7.26. The van der Waals surface area contributed by atoms with Gasteiger partial charge in [-0.15, -0.1) is 0 Å². The van der Waals surface area contributed by atoms with Crippen LogP contribution >= 0.6 is 11.6 Å². The summed E-state index contributed by atoms with van der Waals surface area (Å²) in [7, 11) is 0. The molecule has 136 valence electrons. The molecule has 0 saturated carbocycles. The Labute approximate surface area is 163 Å². The first-order chi connectivity index (χ1) is 12.9. The second kappa shape index (κ2) is 6.71. The van der Waals surface area contributed by atoms with Crippen LogP contribution < -0.4 is 5.32 Å². The van der Waals surface area contributed by atoms with Crippen LogP contribution in [0.2, 0.25) is 5.02 Å². The fourth-order valence-electron chi connectivity index (χ4n) is 3.46. The van der Waals surface area contributed by atoms with Gasteiger partial charge in [0.05, 0.1) is 0 Å². The van der Waals surface area contributed by atoms with Crippen LogP contribution in [-0.2, 0) is 0 Å². The lowest BCUT2D eigenvalue weighted by Gasteiger charge is -2.15. The number of hydrogen-bond donors (Lipinski definition) is 1. The number of anilines is 2.